The van der Waals surface area contributed by atoms with Gasteiger partial charge in [0.15, 0.2) is 11.5 Å². The van der Waals surface area contributed by atoms with Gasteiger partial charge in [-0.3, -0.25) is 9.59 Å². The Morgan fingerprint density at radius 2 is 1.92 bits per heavy atom. The highest BCUT2D eigenvalue weighted by atomic mass is 35.5. The molecule has 2 rings (SSSR count). The summed E-state index contributed by atoms with van der Waals surface area (Å²) in [5.74, 6) is -2.44. The summed E-state index contributed by atoms with van der Waals surface area (Å²) in [4.78, 5) is 23.6. The van der Waals surface area contributed by atoms with Gasteiger partial charge in [-0.05, 0) is 43.3 Å². The van der Waals surface area contributed by atoms with Crippen LogP contribution in [0.15, 0.2) is 41.5 Å². The van der Waals surface area contributed by atoms with E-state index in [1.54, 1.807) is 13.0 Å². The molecule has 2 aromatic rings. The molecule has 0 aliphatic carbocycles. The summed E-state index contributed by atoms with van der Waals surface area (Å²) in [5.41, 5.74) is 3.23. The second-order valence-corrected chi connectivity index (χ2v) is 5.51. The second-order valence-electron chi connectivity index (χ2n) is 5.11. The average Bonchev–Trinajstić information content (AvgIpc) is 2.62. The standard InChI is InChI=1S/C17H15ClFN3O4/c1-9(10-3-6-14(23)15(7-10)26-2)21-22-17(25)16(24)20-11-4-5-13(19)12(18)8-11/h3-8,23H,1-2H3,(H,20,24)(H,22,25)/b21-9+. The summed E-state index contributed by atoms with van der Waals surface area (Å²) in [6, 6.07) is 8.03. The van der Waals surface area contributed by atoms with Crippen molar-refractivity contribution in [3.05, 3.63) is 52.8 Å². The average molecular weight is 380 g/mol. The molecule has 0 aromatic heterocycles. The van der Waals surface area contributed by atoms with Gasteiger partial charge in [-0.15, -0.1) is 0 Å². The fourth-order valence-corrected chi connectivity index (χ4v) is 2.09. The SMILES string of the molecule is COc1cc(/C(C)=N/NC(=O)C(=O)Nc2ccc(F)c(Cl)c2)ccc1O. The number of phenolic OH excluding ortho intramolecular Hbond substituents is 1. The fourth-order valence-electron chi connectivity index (χ4n) is 1.91. The normalized spacial score (nSPS) is 11.0. The number of anilines is 1. The minimum Gasteiger partial charge on any atom is -0.504 e. The third-order valence-electron chi connectivity index (χ3n) is 3.31. The molecule has 0 aliphatic rings. The highest BCUT2D eigenvalue weighted by Gasteiger charge is 2.14. The number of nitrogens with one attached hydrogen (secondary N) is 2. The number of hydrogen-bond donors (Lipinski definition) is 3. The van der Waals surface area contributed by atoms with Gasteiger partial charge in [0, 0.05) is 11.3 Å². The molecule has 0 bridgehead atoms. The van der Waals surface area contributed by atoms with Gasteiger partial charge in [0.2, 0.25) is 0 Å². The molecule has 0 saturated heterocycles. The molecule has 0 spiro atoms. The maximum Gasteiger partial charge on any atom is 0.329 e. The van der Waals surface area contributed by atoms with Crippen LogP contribution in [0, 0.1) is 5.82 Å². The molecule has 0 heterocycles. The predicted molar refractivity (Wildman–Crippen MR) is 95.1 cm³/mol. The van der Waals surface area contributed by atoms with E-state index in [-0.39, 0.29) is 22.2 Å². The van der Waals surface area contributed by atoms with E-state index >= 15 is 0 Å². The molecule has 0 radical (unpaired) electrons. The summed E-state index contributed by atoms with van der Waals surface area (Å²) in [7, 11) is 1.40. The monoisotopic (exact) mass is 379 g/mol. The fraction of sp³-hybridized carbons (Fsp3) is 0.118. The van der Waals surface area contributed by atoms with Crippen molar-refractivity contribution in [2.75, 3.05) is 12.4 Å². The first-order chi connectivity index (χ1) is 12.3. The maximum absolute atomic E-state index is 13.1. The molecule has 136 valence electrons. The number of nitrogens with zero attached hydrogens (tertiary/aromatic N) is 1. The third-order valence-corrected chi connectivity index (χ3v) is 3.60. The van der Waals surface area contributed by atoms with Crippen molar-refractivity contribution in [1.29, 1.82) is 0 Å². The number of hydrazone groups is 1. The van der Waals surface area contributed by atoms with Crippen LogP contribution in [0.1, 0.15) is 12.5 Å². The Hall–Kier alpha value is -3.13. The zero-order valence-electron chi connectivity index (χ0n) is 13.8. The van der Waals surface area contributed by atoms with E-state index in [2.05, 4.69) is 15.8 Å². The molecule has 9 heteroatoms. The lowest BCUT2D eigenvalue weighted by molar-refractivity contribution is -0.136. The number of halogens is 2. The van der Waals surface area contributed by atoms with E-state index < -0.39 is 17.6 Å². The van der Waals surface area contributed by atoms with Crippen LogP contribution in [0.2, 0.25) is 5.02 Å². The minimum absolute atomic E-state index is 0.0366. The predicted octanol–water partition coefficient (Wildman–Crippen LogP) is 2.67. The van der Waals surface area contributed by atoms with Crippen LogP contribution in [0.3, 0.4) is 0 Å². The first-order valence-corrected chi connectivity index (χ1v) is 7.67. The van der Waals surface area contributed by atoms with Crippen molar-refractivity contribution in [3.63, 3.8) is 0 Å². The van der Waals surface area contributed by atoms with Gasteiger partial charge in [0.25, 0.3) is 0 Å². The van der Waals surface area contributed by atoms with Crippen LogP contribution in [-0.4, -0.2) is 29.7 Å². The number of amides is 2. The number of methoxy groups -OCH3 is 1. The number of carbonyl (C=O) groups excluding carboxylic acids is 2. The molecule has 7 nitrogen and oxygen atoms in total. The minimum atomic E-state index is -1.02. The van der Waals surface area contributed by atoms with Gasteiger partial charge >= 0.3 is 11.8 Å². The van der Waals surface area contributed by atoms with Gasteiger partial charge in [0.1, 0.15) is 5.82 Å². The third kappa shape index (κ3) is 4.70. The van der Waals surface area contributed by atoms with Crippen LogP contribution in [0.4, 0.5) is 10.1 Å². The maximum atomic E-state index is 13.1. The summed E-state index contributed by atoms with van der Waals surface area (Å²) in [6.07, 6.45) is 0. The number of hydrogen-bond acceptors (Lipinski definition) is 5. The summed E-state index contributed by atoms with van der Waals surface area (Å²) in [6.45, 7) is 1.60. The van der Waals surface area contributed by atoms with Crippen LogP contribution in [0.5, 0.6) is 11.5 Å². The summed E-state index contributed by atoms with van der Waals surface area (Å²) in [5, 5.41) is 15.5. The Morgan fingerprint density at radius 1 is 1.19 bits per heavy atom. The molecule has 0 fully saturated rings. The number of phenols is 1. The highest BCUT2D eigenvalue weighted by molar-refractivity contribution is 6.40. The van der Waals surface area contributed by atoms with Crippen LogP contribution in [-0.2, 0) is 9.59 Å². The van der Waals surface area contributed by atoms with Gasteiger partial charge in [-0.2, -0.15) is 5.10 Å². The van der Waals surface area contributed by atoms with Gasteiger partial charge in [-0.25, -0.2) is 9.82 Å². The molecular formula is C17H15ClFN3O4. The first-order valence-electron chi connectivity index (χ1n) is 7.30. The van der Waals surface area contributed by atoms with Crippen LogP contribution < -0.4 is 15.5 Å². The van der Waals surface area contributed by atoms with Gasteiger partial charge in [0.05, 0.1) is 17.8 Å². The van der Waals surface area contributed by atoms with E-state index in [9.17, 15) is 19.1 Å². The summed E-state index contributed by atoms with van der Waals surface area (Å²) < 4.78 is 18.1. The Labute approximate surface area is 153 Å². The molecule has 3 N–H and O–H groups in total. The summed E-state index contributed by atoms with van der Waals surface area (Å²) >= 11 is 5.61. The van der Waals surface area contributed by atoms with E-state index in [1.807, 2.05) is 0 Å². The van der Waals surface area contributed by atoms with E-state index in [1.165, 1.54) is 31.4 Å². The quantitative estimate of drug-likeness (QED) is 0.432. The largest absolute Gasteiger partial charge is 0.504 e. The van der Waals surface area contributed by atoms with Crippen molar-refractivity contribution < 1.29 is 23.8 Å². The number of aromatic hydroxyl groups is 1. The number of rotatable bonds is 4. The highest BCUT2D eigenvalue weighted by Crippen LogP contribution is 2.26. The molecule has 0 atom stereocenters. The first kappa shape index (κ1) is 19.2. The lowest BCUT2D eigenvalue weighted by atomic mass is 10.1. The van der Waals surface area contributed by atoms with Crippen LogP contribution >= 0.6 is 11.6 Å². The number of ether oxygens (including phenoxy) is 1. The van der Waals surface area contributed by atoms with Crippen LogP contribution in [0.25, 0.3) is 0 Å². The van der Waals surface area contributed by atoms with Gasteiger partial charge in [-0.1, -0.05) is 11.6 Å². The Bertz CT molecular complexity index is 886. The second kappa shape index (κ2) is 8.30. The number of carbonyl (C=O) groups is 2. The molecule has 2 aromatic carbocycles. The number of benzene rings is 2. The zero-order chi connectivity index (χ0) is 19.3. The molecule has 0 saturated carbocycles. The molecule has 2 amide bonds. The van der Waals surface area contributed by atoms with Crippen molar-refractivity contribution >= 4 is 34.8 Å². The Kier molecular flexibility index (Phi) is 6.13. The van der Waals surface area contributed by atoms with Crippen molar-refractivity contribution in [1.82, 2.24) is 5.43 Å². The van der Waals surface area contributed by atoms with Gasteiger partial charge < -0.3 is 15.2 Å². The lowest BCUT2D eigenvalue weighted by Crippen LogP contribution is -2.32. The molecular weight excluding hydrogens is 365 g/mol. The topological polar surface area (TPSA) is 100 Å². The van der Waals surface area contributed by atoms with E-state index in [4.69, 9.17) is 16.3 Å². The van der Waals surface area contributed by atoms with E-state index in [0.29, 0.717) is 11.3 Å². The van der Waals surface area contributed by atoms with Crippen molar-refractivity contribution in [3.8, 4) is 11.5 Å². The zero-order valence-corrected chi connectivity index (χ0v) is 14.6. The smallest absolute Gasteiger partial charge is 0.329 e. The van der Waals surface area contributed by atoms with Crippen molar-refractivity contribution in [2.24, 2.45) is 5.10 Å². The molecule has 0 unspecified atom stereocenters. The van der Waals surface area contributed by atoms with Crippen molar-refractivity contribution in [2.45, 2.75) is 6.92 Å². The Morgan fingerprint density at radius 3 is 2.58 bits per heavy atom. The molecule has 26 heavy (non-hydrogen) atoms. The van der Waals surface area contributed by atoms with E-state index in [0.717, 1.165) is 6.07 Å². The molecule has 0 aliphatic heterocycles. The Balaban J connectivity index is 2.03. The lowest BCUT2D eigenvalue weighted by Gasteiger charge is -2.07.